The number of esters is 1. The molecule has 0 aliphatic carbocycles. The van der Waals surface area contributed by atoms with Gasteiger partial charge in [0.2, 0.25) is 0 Å². The second kappa shape index (κ2) is 9.97. The Morgan fingerprint density at radius 2 is 1.62 bits per heavy atom. The van der Waals surface area contributed by atoms with E-state index in [1.165, 1.54) is 38.4 Å². The van der Waals surface area contributed by atoms with Gasteiger partial charge in [0, 0.05) is 12.7 Å². The number of sulfonamides is 1. The van der Waals surface area contributed by atoms with Crippen molar-refractivity contribution in [2.45, 2.75) is 4.90 Å². The minimum absolute atomic E-state index is 0.0183. The number of para-hydroxylation sites is 1. The summed E-state index contributed by atoms with van der Waals surface area (Å²) in [4.78, 5) is 24.4. The summed E-state index contributed by atoms with van der Waals surface area (Å²) in [5.41, 5.74) is 1.02. The molecule has 32 heavy (non-hydrogen) atoms. The van der Waals surface area contributed by atoms with E-state index in [0.717, 1.165) is 4.31 Å². The fraction of sp³-hybridized carbons (Fsp3) is 0.130. The number of hydrogen-bond donors (Lipinski definition) is 1. The van der Waals surface area contributed by atoms with Crippen LogP contribution in [0.4, 0.5) is 11.4 Å². The Bertz CT molecular complexity index is 1190. The van der Waals surface area contributed by atoms with Crippen molar-refractivity contribution in [3.63, 3.8) is 0 Å². The van der Waals surface area contributed by atoms with Crippen LogP contribution in [0.5, 0.6) is 5.75 Å². The lowest BCUT2D eigenvalue weighted by Crippen LogP contribution is -2.26. The number of nitrogens with one attached hydrogen (secondary N) is 1. The molecular formula is C23H22N2O6S. The van der Waals surface area contributed by atoms with E-state index in [1.807, 2.05) is 0 Å². The zero-order chi connectivity index (χ0) is 23.1. The number of ether oxygens (including phenoxy) is 2. The number of anilines is 2. The SMILES string of the molecule is COc1ccc(NC(=O)COC(=O)c2cccc(S(=O)(=O)N(C)c3ccccc3)c2)cc1. The smallest absolute Gasteiger partial charge is 0.338 e. The van der Waals surface area contributed by atoms with Gasteiger partial charge in [-0.3, -0.25) is 9.10 Å². The van der Waals surface area contributed by atoms with Crippen LogP contribution in [0, 0.1) is 0 Å². The van der Waals surface area contributed by atoms with Crippen LogP contribution in [-0.4, -0.2) is 41.1 Å². The maximum atomic E-state index is 12.9. The molecule has 166 valence electrons. The Morgan fingerprint density at radius 3 is 2.28 bits per heavy atom. The van der Waals surface area contributed by atoms with E-state index in [1.54, 1.807) is 54.6 Å². The van der Waals surface area contributed by atoms with Gasteiger partial charge >= 0.3 is 5.97 Å². The van der Waals surface area contributed by atoms with Crippen molar-refractivity contribution in [2.75, 3.05) is 30.4 Å². The van der Waals surface area contributed by atoms with Gasteiger partial charge in [0.1, 0.15) is 5.75 Å². The van der Waals surface area contributed by atoms with Crippen molar-refractivity contribution >= 4 is 33.3 Å². The standard InChI is InChI=1S/C23H22N2O6S/c1-25(19-8-4-3-5-9-19)32(28,29)21-10-6-7-17(15-21)23(27)31-16-22(26)24-18-11-13-20(30-2)14-12-18/h3-15H,16H2,1-2H3,(H,24,26). The van der Waals surface area contributed by atoms with Gasteiger partial charge in [-0.25, -0.2) is 13.2 Å². The van der Waals surface area contributed by atoms with E-state index >= 15 is 0 Å². The van der Waals surface area contributed by atoms with Crippen LogP contribution < -0.4 is 14.4 Å². The highest BCUT2D eigenvalue weighted by Crippen LogP contribution is 2.22. The van der Waals surface area contributed by atoms with Crippen LogP contribution in [0.25, 0.3) is 0 Å². The first-order chi connectivity index (χ1) is 15.3. The largest absolute Gasteiger partial charge is 0.497 e. The van der Waals surface area contributed by atoms with E-state index in [-0.39, 0.29) is 10.5 Å². The minimum atomic E-state index is -3.89. The Morgan fingerprint density at radius 1 is 0.938 bits per heavy atom. The molecular weight excluding hydrogens is 432 g/mol. The van der Waals surface area contributed by atoms with Gasteiger partial charge in [-0.2, -0.15) is 0 Å². The number of carbonyl (C=O) groups excluding carboxylic acids is 2. The van der Waals surface area contributed by atoms with E-state index in [9.17, 15) is 18.0 Å². The first kappa shape index (κ1) is 22.8. The van der Waals surface area contributed by atoms with Crippen molar-refractivity contribution < 1.29 is 27.5 Å². The molecule has 8 nitrogen and oxygen atoms in total. The highest BCUT2D eigenvalue weighted by atomic mass is 32.2. The predicted octanol–water partition coefficient (Wildman–Crippen LogP) is 3.32. The van der Waals surface area contributed by atoms with E-state index < -0.39 is 28.5 Å². The molecule has 0 saturated heterocycles. The number of methoxy groups -OCH3 is 1. The number of nitrogens with zero attached hydrogens (tertiary/aromatic N) is 1. The third-order valence-corrected chi connectivity index (χ3v) is 6.34. The normalized spacial score (nSPS) is 10.8. The second-order valence-corrected chi connectivity index (χ2v) is 8.66. The first-order valence-electron chi connectivity index (χ1n) is 9.56. The topological polar surface area (TPSA) is 102 Å². The fourth-order valence-electron chi connectivity index (χ4n) is 2.80. The van der Waals surface area contributed by atoms with Gasteiger partial charge in [-0.1, -0.05) is 24.3 Å². The number of rotatable bonds is 8. The molecule has 0 unspecified atom stereocenters. The zero-order valence-corrected chi connectivity index (χ0v) is 18.3. The first-order valence-corrected chi connectivity index (χ1v) is 11.0. The van der Waals surface area contributed by atoms with E-state index in [2.05, 4.69) is 5.32 Å². The Hall–Kier alpha value is -3.85. The third kappa shape index (κ3) is 5.44. The van der Waals surface area contributed by atoms with Crippen LogP contribution in [0.3, 0.4) is 0 Å². The summed E-state index contributed by atoms with van der Waals surface area (Å²) < 4.78 is 37.1. The molecule has 3 aromatic carbocycles. The summed E-state index contributed by atoms with van der Waals surface area (Å²) in [6.45, 7) is -0.522. The average molecular weight is 455 g/mol. The van der Waals surface area contributed by atoms with E-state index in [4.69, 9.17) is 9.47 Å². The average Bonchev–Trinajstić information content (AvgIpc) is 2.83. The van der Waals surface area contributed by atoms with Gasteiger partial charge in [-0.05, 0) is 54.6 Å². The molecule has 0 aliphatic rings. The predicted molar refractivity (Wildman–Crippen MR) is 120 cm³/mol. The summed E-state index contributed by atoms with van der Waals surface area (Å²) >= 11 is 0. The summed E-state index contributed by atoms with van der Waals surface area (Å²) in [5, 5.41) is 2.59. The Kier molecular flexibility index (Phi) is 7.11. The molecule has 0 heterocycles. The highest BCUT2D eigenvalue weighted by molar-refractivity contribution is 7.92. The van der Waals surface area contributed by atoms with Crippen LogP contribution >= 0.6 is 0 Å². The molecule has 0 aromatic heterocycles. The highest BCUT2D eigenvalue weighted by Gasteiger charge is 2.23. The molecule has 3 rings (SSSR count). The van der Waals surface area contributed by atoms with Crippen molar-refractivity contribution in [2.24, 2.45) is 0 Å². The zero-order valence-electron chi connectivity index (χ0n) is 17.5. The molecule has 0 atom stereocenters. The lowest BCUT2D eigenvalue weighted by atomic mass is 10.2. The van der Waals surface area contributed by atoms with Crippen molar-refractivity contribution in [1.82, 2.24) is 0 Å². The van der Waals surface area contributed by atoms with Crippen LogP contribution in [0.1, 0.15) is 10.4 Å². The van der Waals surface area contributed by atoms with Crippen molar-refractivity contribution in [1.29, 1.82) is 0 Å². The Labute approximate surface area is 186 Å². The molecule has 1 amide bonds. The van der Waals surface area contributed by atoms with Crippen molar-refractivity contribution in [3.8, 4) is 5.75 Å². The van der Waals surface area contributed by atoms with Gasteiger partial charge in [-0.15, -0.1) is 0 Å². The maximum absolute atomic E-state index is 12.9. The lowest BCUT2D eigenvalue weighted by molar-refractivity contribution is -0.119. The molecule has 0 aliphatic heterocycles. The molecule has 0 radical (unpaired) electrons. The third-order valence-electron chi connectivity index (χ3n) is 4.56. The van der Waals surface area contributed by atoms with Crippen LogP contribution in [-0.2, 0) is 19.6 Å². The number of carbonyl (C=O) groups is 2. The number of amides is 1. The monoisotopic (exact) mass is 454 g/mol. The Balaban J connectivity index is 1.65. The van der Waals surface area contributed by atoms with E-state index in [0.29, 0.717) is 17.1 Å². The van der Waals surface area contributed by atoms with Gasteiger partial charge < -0.3 is 14.8 Å². The summed E-state index contributed by atoms with van der Waals surface area (Å²) in [6, 6.07) is 20.7. The molecule has 0 spiro atoms. The number of hydrogen-bond acceptors (Lipinski definition) is 6. The molecule has 0 saturated carbocycles. The molecule has 0 fully saturated rings. The summed E-state index contributed by atoms with van der Waals surface area (Å²) in [6.07, 6.45) is 0. The fourth-order valence-corrected chi connectivity index (χ4v) is 4.05. The summed E-state index contributed by atoms with van der Waals surface area (Å²) in [5.74, 6) is -0.701. The molecule has 9 heteroatoms. The minimum Gasteiger partial charge on any atom is -0.497 e. The van der Waals surface area contributed by atoms with Crippen LogP contribution in [0.15, 0.2) is 83.8 Å². The van der Waals surface area contributed by atoms with Crippen molar-refractivity contribution in [3.05, 3.63) is 84.4 Å². The number of benzene rings is 3. The summed E-state index contributed by atoms with van der Waals surface area (Å²) in [7, 11) is -0.925. The van der Waals surface area contributed by atoms with Crippen LogP contribution in [0.2, 0.25) is 0 Å². The second-order valence-electron chi connectivity index (χ2n) is 6.69. The van der Waals surface area contributed by atoms with Gasteiger partial charge in [0.15, 0.2) is 6.61 Å². The maximum Gasteiger partial charge on any atom is 0.338 e. The molecule has 0 bridgehead atoms. The lowest BCUT2D eigenvalue weighted by Gasteiger charge is -2.19. The molecule has 3 aromatic rings. The quantitative estimate of drug-likeness (QED) is 0.524. The van der Waals surface area contributed by atoms with Gasteiger partial charge in [0.05, 0.1) is 23.3 Å². The van der Waals surface area contributed by atoms with Gasteiger partial charge in [0.25, 0.3) is 15.9 Å². The molecule has 1 N–H and O–H groups in total.